The third-order valence-corrected chi connectivity index (χ3v) is 4.45. The Kier molecular flexibility index (Phi) is 4.22. The first kappa shape index (κ1) is 15.1. The number of benzene rings is 1. The molecule has 1 amide bonds. The molecule has 4 nitrogen and oxygen atoms in total. The van der Waals surface area contributed by atoms with E-state index in [1.807, 2.05) is 19.9 Å². The molecule has 1 aromatic heterocycles. The maximum Gasteiger partial charge on any atom is 0.263 e. The fraction of sp³-hybridized carbons (Fsp3) is 0.357. The van der Waals surface area contributed by atoms with E-state index in [4.69, 9.17) is 17.3 Å². The summed E-state index contributed by atoms with van der Waals surface area (Å²) in [6, 6.07) is 5.37. The number of rotatable bonds is 4. The van der Waals surface area contributed by atoms with Gasteiger partial charge >= 0.3 is 0 Å². The number of hydrogen-bond donors (Lipinski definition) is 3. The number of halogens is 1. The van der Waals surface area contributed by atoms with Gasteiger partial charge in [0.15, 0.2) is 0 Å². The standard InChI is InChI=1S/C14H17ClN2O2S/c1-14(2,7-18)6-17-13(19)12-11(16)9-4-3-8(15)5-10(9)20-12/h3-5,18H,6-7,16H2,1-2H3,(H,17,19). The number of amides is 1. The third kappa shape index (κ3) is 3.06. The van der Waals surface area contributed by atoms with Crippen molar-refractivity contribution < 1.29 is 9.90 Å². The number of carbonyl (C=O) groups excluding carboxylic acids is 1. The van der Waals surface area contributed by atoms with Crippen molar-refractivity contribution in [3.63, 3.8) is 0 Å². The van der Waals surface area contributed by atoms with Gasteiger partial charge in [0.25, 0.3) is 5.91 Å². The zero-order valence-electron chi connectivity index (χ0n) is 11.4. The number of carbonyl (C=O) groups is 1. The van der Waals surface area contributed by atoms with Crippen LogP contribution in [-0.4, -0.2) is 24.2 Å². The number of nitrogen functional groups attached to an aromatic ring is 1. The van der Waals surface area contributed by atoms with Crippen molar-refractivity contribution in [1.82, 2.24) is 5.32 Å². The Balaban J connectivity index is 2.24. The molecule has 0 saturated heterocycles. The first-order valence-electron chi connectivity index (χ1n) is 6.20. The predicted octanol–water partition coefficient (Wildman–Crippen LogP) is 2.89. The van der Waals surface area contributed by atoms with Crippen LogP contribution in [-0.2, 0) is 0 Å². The lowest BCUT2D eigenvalue weighted by Crippen LogP contribution is -2.35. The first-order valence-corrected chi connectivity index (χ1v) is 7.40. The van der Waals surface area contributed by atoms with E-state index < -0.39 is 0 Å². The van der Waals surface area contributed by atoms with Crippen molar-refractivity contribution in [3.8, 4) is 0 Å². The second-order valence-electron chi connectivity index (χ2n) is 5.49. The Morgan fingerprint density at radius 3 is 2.85 bits per heavy atom. The van der Waals surface area contributed by atoms with E-state index in [-0.39, 0.29) is 17.9 Å². The number of nitrogens with one attached hydrogen (secondary N) is 1. The van der Waals surface area contributed by atoms with Crippen LogP contribution in [0.25, 0.3) is 10.1 Å². The summed E-state index contributed by atoms with van der Waals surface area (Å²) in [5, 5.41) is 13.5. The Labute approximate surface area is 126 Å². The molecule has 0 bridgehead atoms. The molecule has 4 N–H and O–H groups in total. The summed E-state index contributed by atoms with van der Waals surface area (Å²) in [6.07, 6.45) is 0. The molecular formula is C14H17ClN2O2S. The predicted molar refractivity (Wildman–Crippen MR) is 84.4 cm³/mol. The topological polar surface area (TPSA) is 75.3 Å². The SMILES string of the molecule is CC(C)(CO)CNC(=O)c1sc2cc(Cl)ccc2c1N. The van der Waals surface area contributed by atoms with Crippen LogP contribution in [0.4, 0.5) is 5.69 Å². The molecular weight excluding hydrogens is 296 g/mol. The van der Waals surface area contributed by atoms with Crippen LogP contribution < -0.4 is 11.1 Å². The molecule has 108 valence electrons. The van der Waals surface area contributed by atoms with Crippen molar-refractivity contribution in [2.24, 2.45) is 5.41 Å². The van der Waals surface area contributed by atoms with Gasteiger partial charge in [0.05, 0.1) is 5.69 Å². The number of hydrogen-bond acceptors (Lipinski definition) is 4. The van der Waals surface area contributed by atoms with E-state index in [0.717, 1.165) is 10.1 Å². The minimum absolute atomic E-state index is 0.00475. The number of aliphatic hydroxyl groups excluding tert-OH is 1. The van der Waals surface area contributed by atoms with Crippen molar-refractivity contribution in [2.75, 3.05) is 18.9 Å². The van der Waals surface area contributed by atoms with E-state index in [0.29, 0.717) is 22.1 Å². The Morgan fingerprint density at radius 1 is 1.50 bits per heavy atom. The van der Waals surface area contributed by atoms with Crippen LogP contribution in [0.1, 0.15) is 23.5 Å². The maximum atomic E-state index is 12.2. The van der Waals surface area contributed by atoms with Gasteiger partial charge < -0.3 is 16.2 Å². The van der Waals surface area contributed by atoms with E-state index in [1.54, 1.807) is 12.1 Å². The van der Waals surface area contributed by atoms with E-state index in [2.05, 4.69) is 5.32 Å². The third-order valence-electron chi connectivity index (χ3n) is 3.05. The molecule has 1 heterocycles. The highest BCUT2D eigenvalue weighted by atomic mass is 35.5. The zero-order chi connectivity index (χ0) is 14.9. The molecule has 0 aliphatic carbocycles. The molecule has 0 saturated carbocycles. The number of fused-ring (bicyclic) bond motifs is 1. The lowest BCUT2D eigenvalue weighted by Gasteiger charge is -2.21. The maximum absolute atomic E-state index is 12.2. The second-order valence-corrected chi connectivity index (χ2v) is 6.98. The molecule has 2 aromatic rings. The van der Waals surface area contributed by atoms with Gasteiger partial charge in [0.1, 0.15) is 4.88 Å². The zero-order valence-corrected chi connectivity index (χ0v) is 12.9. The molecule has 0 aliphatic heterocycles. The molecule has 20 heavy (non-hydrogen) atoms. The lowest BCUT2D eigenvalue weighted by atomic mass is 9.95. The minimum Gasteiger partial charge on any atom is -0.397 e. The van der Waals surface area contributed by atoms with Gasteiger partial charge in [-0.3, -0.25) is 4.79 Å². The fourth-order valence-electron chi connectivity index (χ4n) is 1.71. The van der Waals surface area contributed by atoms with Crippen LogP contribution in [0.3, 0.4) is 0 Å². The largest absolute Gasteiger partial charge is 0.397 e. The summed E-state index contributed by atoms with van der Waals surface area (Å²) < 4.78 is 0.890. The summed E-state index contributed by atoms with van der Waals surface area (Å²) in [4.78, 5) is 12.7. The van der Waals surface area contributed by atoms with Gasteiger partial charge in [-0.15, -0.1) is 11.3 Å². The fourth-order valence-corrected chi connectivity index (χ4v) is 3.03. The highest BCUT2D eigenvalue weighted by Crippen LogP contribution is 2.35. The van der Waals surface area contributed by atoms with Crippen LogP contribution in [0, 0.1) is 5.41 Å². The van der Waals surface area contributed by atoms with Crippen LogP contribution in [0.5, 0.6) is 0 Å². The van der Waals surface area contributed by atoms with Gasteiger partial charge in [-0.25, -0.2) is 0 Å². The molecule has 0 aliphatic rings. The van der Waals surface area contributed by atoms with E-state index in [9.17, 15) is 9.90 Å². The lowest BCUT2D eigenvalue weighted by molar-refractivity contribution is 0.0916. The van der Waals surface area contributed by atoms with Gasteiger partial charge in [0, 0.05) is 33.7 Å². The molecule has 0 atom stereocenters. The summed E-state index contributed by atoms with van der Waals surface area (Å²) in [5.74, 6) is -0.221. The van der Waals surface area contributed by atoms with Gasteiger partial charge in [0.2, 0.25) is 0 Å². The number of aliphatic hydroxyl groups is 1. The van der Waals surface area contributed by atoms with E-state index >= 15 is 0 Å². The molecule has 6 heteroatoms. The van der Waals surface area contributed by atoms with Crippen LogP contribution in [0.2, 0.25) is 5.02 Å². The summed E-state index contributed by atoms with van der Waals surface area (Å²) in [7, 11) is 0. The highest BCUT2D eigenvalue weighted by molar-refractivity contribution is 7.21. The number of nitrogens with two attached hydrogens (primary N) is 1. The average Bonchev–Trinajstić information content (AvgIpc) is 2.73. The molecule has 0 radical (unpaired) electrons. The van der Waals surface area contributed by atoms with Crippen molar-refractivity contribution >= 4 is 44.6 Å². The number of thiophene rings is 1. The summed E-state index contributed by atoms with van der Waals surface area (Å²) in [6.45, 7) is 4.14. The summed E-state index contributed by atoms with van der Waals surface area (Å²) >= 11 is 7.26. The van der Waals surface area contributed by atoms with Crippen molar-refractivity contribution in [3.05, 3.63) is 28.1 Å². The highest BCUT2D eigenvalue weighted by Gasteiger charge is 2.21. The summed E-state index contributed by atoms with van der Waals surface area (Å²) in [5.41, 5.74) is 6.14. The molecule has 1 aromatic carbocycles. The van der Waals surface area contributed by atoms with E-state index in [1.165, 1.54) is 11.3 Å². The monoisotopic (exact) mass is 312 g/mol. The normalized spacial score (nSPS) is 11.8. The molecule has 2 rings (SSSR count). The first-order chi connectivity index (χ1) is 9.34. The molecule has 0 fully saturated rings. The molecule has 0 spiro atoms. The quantitative estimate of drug-likeness (QED) is 0.812. The van der Waals surface area contributed by atoms with Crippen LogP contribution >= 0.6 is 22.9 Å². The smallest absolute Gasteiger partial charge is 0.263 e. The Bertz CT molecular complexity index is 652. The van der Waals surface area contributed by atoms with Crippen LogP contribution in [0.15, 0.2) is 18.2 Å². The number of anilines is 1. The average molecular weight is 313 g/mol. The van der Waals surface area contributed by atoms with Crippen molar-refractivity contribution in [2.45, 2.75) is 13.8 Å². The Morgan fingerprint density at radius 2 is 2.20 bits per heavy atom. The van der Waals surface area contributed by atoms with Gasteiger partial charge in [-0.05, 0) is 18.2 Å². The molecule has 0 unspecified atom stereocenters. The van der Waals surface area contributed by atoms with Crippen molar-refractivity contribution in [1.29, 1.82) is 0 Å². The minimum atomic E-state index is -0.357. The Hall–Kier alpha value is -1.30. The van der Waals surface area contributed by atoms with Gasteiger partial charge in [-0.2, -0.15) is 0 Å². The second kappa shape index (κ2) is 5.60. The van der Waals surface area contributed by atoms with Gasteiger partial charge in [-0.1, -0.05) is 25.4 Å².